The summed E-state index contributed by atoms with van der Waals surface area (Å²) in [7, 11) is -20.4. The van der Waals surface area contributed by atoms with E-state index < -0.39 is 55.4 Å². The molecule has 9 rings (SSSR count). The van der Waals surface area contributed by atoms with Crippen LogP contribution in [0.1, 0.15) is 45.0 Å². The lowest BCUT2D eigenvalue weighted by Crippen LogP contribution is -2.20. The minimum Gasteiger partial charge on any atom is -0.354 e. The van der Waals surface area contributed by atoms with E-state index in [9.17, 15) is 47.3 Å². The quantitative estimate of drug-likeness (QED) is 0.103. The van der Waals surface area contributed by atoms with E-state index in [0.717, 1.165) is 11.6 Å². The molecule has 0 saturated carbocycles. The van der Waals surface area contributed by atoms with Gasteiger partial charge in [0, 0.05) is 83.2 Å². The minimum absolute atomic E-state index is 0.0188. The first-order valence-electron chi connectivity index (χ1n) is 18.9. The number of hydrogen-bond acceptors (Lipinski definition) is 9. The van der Waals surface area contributed by atoms with Gasteiger partial charge in [0.25, 0.3) is 20.2 Å². The Hall–Kier alpha value is -6.88. The molecule has 0 unspecified atom stereocenters. The van der Waals surface area contributed by atoms with Crippen molar-refractivity contribution < 1.29 is 51.0 Å². The van der Waals surface area contributed by atoms with Crippen LogP contribution in [0.25, 0.3) is 22.3 Å². The van der Waals surface area contributed by atoms with Gasteiger partial charge in [-0.05, 0) is 72.3 Å². The van der Waals surface area contributed by atoms with Gasteiger partial charge in [-0.25, -0.2) is 0 Å². The van der Waals surface area contributed by atoms with Gasteiger partial charge >= 0.3 is 20.5 Å². The van der Waals surface area contributed by atoms with E-state index in [4.69, 9.17) is 0 Å². The first kappa shape index (κ1) is 42.4. The molecule has 16 nitrogen and oxygen atoms in total. The number of benzene rings is 4. The number of nitrogens with one attached hydrogen (secondary N) is 4. The highest BCUT2D eigenvalue weighted by Gasteiger charge is 2.29. The molecule has 20 heteroatoms. The summed E-state index contributed by atoms with van der Waals surface area (Å²) in [5.41, 5.74) is 3.39. The van der Waals surface area contributed by atoms with Crippen LogP contribution in [0.5, 0.6) is 0 Å². The van der Waals surface area contributed by atoms with E-state index in [-0.39, 0.29) is 44.6 Å². The zero-order chi connectivity index (χ0) is 45.2. The van der Waals surface area contributed by atoms with Crippen LogP contribution in [0.3, 0.4) is 0 Å². The smallest absolute Gasteiger partial charge is 0.354 e. The van der Waals surface area contributed by atoms with Gasteiger partial charge < -0.3 is 19.9 Å². The van der Waals surface area contributed by atoms with Gasteiger partial charge in [-0.3, -0.25) is 13.7 Å². The maximum absolute atomic E-state index is 13.6. The molecule has 0 spiro atoms. The first-order chi connectivity index (χ1) is 30.4. The molecule has 4 aromatic carbocycles. The van der Waals surface area contributed by atoms with Crippen LogP contribution in [-0.2, 0) is 44.4 Å². The van der Waals surface area contributed by atoms with Crippen molar-refractivity contribution in [2.45, 2.75) is 14.7 Å². The standard InChI is InChI=1S/C44H32N4O12S4/c49-61(50,51)38-15-7-4-12-27(38)42-32-20-18-30(45-32)41(26-10-2-1-3-11-26)31-19-21-36(46-31)44(29-14-6-9-17-40(29)63(55,56)60-64(57,58)59)37-25-24-35(48-37)43(34-23-22-33(42)47-34)28-13-5-8-16-39(28)62(52,53)54/h1-25,45-48H,(H,49,50,51)(H,52,53,54)(H,57,58,59). The van der Waals surface area contributed by atoms with Gasteiger partial charge in [-0.15, -0.1) is 3.63 Å². The number of hydrogen-bond donors (Lipinski definition) is 7. The third-order valence-corrected chi connectivity index (χ3v) is 14.6. The summed E-state index contributed by atoms with van der Waals surface area (Å²) in [5.74, 6) is 0. The van der Waals surface area contributed by atoms with Crippen LogP contribution in [0.4, 0.5) is 0 Å². The van der Waals surface area contributed by atoms with Crippen molar-refractivity contribution >= 4 is 63.0 Å². The van der Waals surface area contributed by atoms with Gasteiger partial charge in [0.2, 0.25) is 0 Å². The van der Waals surface area contributed by atoms with E-state index in [1.165, 1.54) is 54.6 Å². The molecule has 8 bridgehead atoms. The molecule has 0 amide bonds. The highest BCUT2D eigenvalue weighted by molar-refractivity contribution is 7.97. The van der Waals surface area contributed by atoms with Crippen LogP contribution in [-0.4, -0.2) is 67.3 Å². The Bertz CT molecular complexity index is 3930. The van der Waals surface area contributed by atoms with Crippen molar-refractivity contribution in [1.29, 1.82) is 0 Å². The fourth-order valence-electron chi connectivity index (χ4n) is 7.95. The molecule has 5 heterocycles. The summed E-state index contributed by atoms with van der Waals surface area (Å²) in [5, 5.41) is 1.36. The van der Waals surface area contributed by atoms with Gasteiger partial charge in [0.1, 0.15) is 14.7 Å². The number of aromatic amines is 4. The van der Waals surface area contributed by atoms with Crippen molar-refractivity contribution in [3.63, 3.8) is 0 Å². The van der Waals surface area contributed by atoms with Crippen LogP contribution >= 0.6 is 0 Å². The van der Waals surface area contributed by atoms with E-state index in [1.54, 1.807) is 60.7 Å². The maximum Gasteiger partial charge on any atom is 0.412 e. The Morgan fingerprint density at radius 2 is 0.672 bits per heavy atom. The second-order valence-corrected chi connectivity index (χ2v) is 19.9. The summed E-state index contributed by atoms with van der Waals surface area (Å²) >= 11 is 0. The number of H-pyrrole nitrogens is 4. The average Bonchev–Trinajstić information content (AvgIpc) is 4.08. The highest BCUT2D eigenvalue weighted by atomic mass is 32.3. The van der Waals surface area contributed by atoms with Crippen LogP contribution in [0.2, 0.25) is 0 Å². The lowest BCUT2D eigenvalue weighted by molar-refractivity contribution is 0.383. The molecule has 0 aliphatic carbocycles. The first-order valence-corrected chi connectivity index (χ1v) is 24.5. The molecule has 0 saturated heterocycles. The van der Waals surface area contributed by atoms with Crippen molar-refractivity contribution in [3.05, 3.63) is 218 Å². The highest BCUT2D eigenvalue weighted by Crippen LogP contribution is 2.33. The van der Waals surface area contributed by atoms with Gasteiger partial charge in [0.15, 0.2) is 0 Å². The van der Waals surface area contributed by atoms with Crippen molar-refractivity contribution in [2.75, 3.05) is 0 Å². The topological polar surface area (TPSA) is 270 Å². The molecule has 1 aliphatic rings. The third-order valence-electron chi connectivity index (χ3n) is 10.4. The zero-order valence-corrected chi connectivity index (χ0v) is 35.8. The lowest BCUT2D eigenvalue weighted by atomic mass is 10.0. The molecular formula is C44H32N4O12S4. The average molecular weight is 937 g/mol. The molecule has 0 radical (unpaired) electrons. The molecule has 324 valence electrons. The molecule has 0 atom stereocenters. The third kappa shape index (κ3) is 7.99. The van der Waals surface area contributed by atoms with Crippen molar-refractivity contribution in [1.82, 2.24) is 19.9 Å². The molecule has 4 aromatic heterocycles. The van der Waals surface area contributed by atoms with Gasteiger partial charge in [0.05, 0.1) is 0 Å². The molecule has 8 aromatic rings. The van der Waals surface area contributed by atoms with E-state index in [1.807, 2.05) is 30.3 Å². The largest absolute Gasteiger partial charge is 0.412 e. The number of rotatable bonds is 9. The summed E-state index contributed by atoms with van der Waals surface area (Å²) in [6.45, 7) is 0. The Balaban J connectivity index is 1.48. The zero-order valence-electron chi connectivity index (χ0n) is 32.6. The second kappa shape index (κ2) is 15.7. The molecule has 1 aliphatic heterocycles. The van der Waals surface area contributed by atoms with Crippen LogP contribution in [0, 0.1) is 0 Å². The SMILES string of the molecule is O=S(=O)(O)OS(=O)(=O)c1ccccc1C1=c2ccc([nH]2)=C(c2ccccc2)c2ccc([nH]2)C(c2ccccc2S(=O)(=O)O)=c2ccc([nH]2)=C(c2ccccc2S(=O)(=O)O)c2ccc1[nH]2. The van der Waals surface area contributed by atoms with E-state index in [2.05, 4.69) is 23.6 Å². The van der Waals surface area contributed by atoms with Crippen molar-refractivity contribution in [3.8, 4) is 0 Å². The Kier molecular flexibility index (Phi) is 10.4. The van der Waals surface area contributed by atoms with E-state index in [0.29, 0.717) is 38.6 Å². The molecular weight excluding hydrogens is 905 g/mol. The van der Waals surface area contributed by atoms with Gasteiger partial charge in [-0.1, -0.05) is 84.9 Å². The van der Waals surface area contributed by atoms with E-state index >= 15 is 0 Å². The summed E-state index contributed by atoms with van der Waals surface area (Å²) in [4.78, 5) is 11.9. The maximum atomic E-state index is 13.6. The number of fused-ring (bicyclic) bond motifs is 8. The Labute approximate surface area is 364 Å². The molecule has 7 N–H and O–H groups in total. The predicted octanol–water partition coefficient (Wildman–Crippen LogP) is 3.30. The van der Waals surface area contributed by atoms with Crippen molar-refractivity contribution in [2.24, 2.45) is 0 Å². The molecule has 64 heavy (non-hydrogen) atoms. The second-order valence-electron chi connectivity index (χ2n) is 14.4. The van der Waals surface area contributed by atoms with Crippen LogP contribution in [0.15, 0.2) is 166 Å². The Morgan fingerprint density at radius 3 is 1.06 bits per heavy atom. The summed E-state index contributed by atoms with van der Waals surface area (Å²) in [6, 6.07) is 39.4. The lowest BCUT2D eigenvalue weighted by Gasteiger charge is -2.13. The predicted molar refractivity (Wildman–Crippen MR) is 233 cm³/mol. The Morgan fingerprint density at radius 1 is 0.344 bits per heavy atom. The molecule has 0 fully saturated rings. The minimum atomic E-state index is -5.51. The van der Waals surface area contributed by atoms with Gasteiger partial charge in [-0.2, -0.15) is 33.7 Å². The fourth-order valence-corrected chi connectivity index (χ4v) is 11.2. The normalized spacial score (nSPS) is 13.7. The summed E-state index contributed by atoms with van der Waals surface area (Å²) in [6.07, 6.45) is 0. The number of aromatic nitrogens is 4. The monoisotopic (exact) mass is 936 g/mol. The van der Waals surface area contributed by atoms with Crippen LogP contribution < -0.4 is 21.4 Å². The fraction of sp³-hybridized carbons (Fsp3) is 0. The summed E-state index contributed by atoms with van der Waals surface area (Å²) < 4.78 is 137.